The van der Waals surface area contributed by atoms with Gasteiger partial charge in [0.25, 0.3) is 0 Å². The van der Waals surface area contributed by atoms with E-state index >= 15 is 0 Å². The monoisotopic (exact) mass is 279 g/mol. The molecule has 1 aromatic rings. The van der Waals surface area contributed by atoms with E-state index in [0.29, 0.717) is 11.8 Å². The summed E-state index contributed by atoms with van der Waals surface area (Å²) in [6.45, 7) is 7.38. The minimum Gasteiger partial charge on any atom is -0.497 e. The number of hydrogen-bond donors (Lipinski definition) is 1. The smallest absolute Gasteiger partial charge is 0.119 e. The lowest BCUT2D eigenvalue weighted by atomic mass is 9.86. The highest BCUT2D eigenvalue weighted by atomic mass is 16.5. The van der Waals surface area contributed by atoms with Gasteiger partial charge in [0, 0.05) is 13.7 Å². The summed E-state index contributed by atoms with van der Waals surface area (Å²) in [5.74, 6) is 2.20. The second-order valence-electron chi connectivity index (χ2n) is 5.38. The zero-order valence-corrected chi connectivity index (χ0v) is 13.3. The lowest BCUT2D eigenvalue weighted by Crippen LogP contribution is -2.29. The van der Waals surface area contributed by atoms with Crippen molar-refractivity contribution < 1.29 is 9.47 Å². The molecule has 0 heterocycles. The normalized spacial score (nSPS) is 14.0. The summed E-state index contributed by atoms with van der Waals surface area (Å²) in [6.07, 6.45) is 2.19. The fourth-order valence-electron chi connectivity index (χ4n) is 2.45. The summed E-state index contributed by atoms with van der Waals surface area (Å²) in [7, 11) is 3.49. The Labute approximate surface area is 123 Å². The van der Waals surface area contributed by atoms with E-state index in [1.54, 1.807) is 14.2 Å². The van der Waals surface area contributed by atoms with Crippen molar-refractivity contribution in [3.63, 3.8) is 0 Å². The standard InChI is InChI=1S/C17H29NO2/c1-5-18-13-16(14(2)9-10-19-3)11-15-7-6-8-17(12-15)20-4/h6-8,12,14,16,18H,5,9-11,13H2,1-4H3. The highest BCUT2D eigenvalue weighted by molar-refractivity contribution is 5.28. The van der Waals surface area contributed by atoms with Crippen LogP contribution in [0.25, 0.3) is 0 Å². The number of ether oxygens (including phenoxy) is 2. The summed E-state index contributed by atoms with van der Waals surface area (Å²) in [5.41, 5.74) is 1.34. The van der Waals surface area contributed by atoms with Gasteiger partial charge < -0.3 is 14.8 Å². The minimum atomic E-state index is 0.622. The van der Waals surface area contributed by atoms with Crippen molar-refractivity contribution in [2.75, 3.05) is 33.9 Å². The zero-order chi connectivity index (χ0) is 14.8. The van der Waals surface area contributed by atoms with Crippen molar-refractivity contribution >= 4 is 0 Å². The lowest BCUT2D eigenvalue weighted by molar-refractivity contribution is 0.164. The Balaban J connectivity index is 2.66. The molecule has 0 bridgehead atoms. The van der Waals surface area contributed by atoms with Gasteiger partial charge in [-0.25, -0.2) is 0 Å². The SMILES string of the molecule is CCNCC(Cc1cccc(OC)c1)C(C)CCOC. The van der Waals surface area contributed by atoms with Gasteiger partial charge >= 0.3 is 0 Å². The summed E-state index contributed by atoms with van der Waals surface area (Å²) in [6, 6.07) is 8.39. The zero-order valence-electron chi connectivity index (χ0n) is 13.3. The first-order chi connectivity index (χ1) is 9.71. The molecule has 0 saturated carbocycles. The molecule has 1 N–H and O–H groups in total. The Bertz CT molecular complexity index is 368. The number of nitrogens with one attached hydrogen (secondary N) is 1. The van der Waals surface area contributed by atoms with Crippen LogP contribution in [0.1, 0.15) is 25.8 Å². The second-order valence-corrected chi connectivity index (χ2v) is 5.38. The molecule has 0 amide bonds. The summed E-state index contributed by atoms with van der Waals surface area (Å²) < 4.78 is 10.5. The van der Waals surface area contributed by atoms with Crippen LogP contribution in [0.4, 0.5) is 0 Å². The summed E-state index contributed by atoms with van der Waals surface area (Å²) in [5, 5.41) is 3.48. The van der Waals surface area contributed by atoms with Crippen LogP contribution in [0.5, 0.6) is 5.75 Å². The maximum Gasteiger partial charge on any atom is 0.119 e. The molecule has 0 spiro atoms. The molecule has 1 aromatic carbocycles. The van der Waals surface area contributed by atoms with E-state index < -0.39 is 0 Å². The van der Waals surface area contributed by atoms with Gasteiger partial charge in [-0.15, -0.1) is 0 Å². The first-order valence-electron chi connectivity index (χ1n) is 7.53. The quantitative estimate of drug-likeness (QED) is 0.714. The van der Waals surface area contributed by atoms with Crippen LogP contribution in [-0.2, 0) is 11.2 Å². The average molecular weight is 279 g/mol. The highest BCUT2D eigenvalue weighted by Gasteiger charge is 2.17. The Morgan fingerprint density at radius 1 is 1.25 bits per heavy atom. The van der Waals surface area contributed by atoms with Crippen LogP contribution >= 0.6 is 0 Å². The van der Waals surface area contributed by atoms with E-state index in [1.165, 1.54) is 5.56 Å². The number of benzene rings is 1. The van der Waals surface area contributed by atoms with Crippen LogP contribution < -0.4 is 10.1 Å². The molecular weight excluding hydrogens is 250 g/mol. The molecule has 0 radical (unpaired) electrons. The minimum absolute atomic E-state index is 0.622. The molecule has 0 aliphatic carbocycles. The van der Waals surface area contributed by atoms with E-state index in [1.807, 2.05) is 6.07 Å². The Kier molecular flexibility index (Phi) is 8.31. The molecule has 1 rings (SSSR count). The fourth-order valence-corrected chi connectivity index (χ4v) is 2.45. The van der Waals surface area contributed by atoms with Gasteiger partial charge in [0.15, 0.2) is 0 Å². The van der Waals surface area contributed by atoms with Crippen LogP contribution in [0.2, 0.25) is 0 Å². The van der Waals surface area contributed by atoms with Crippen LogP contribution in [-0.4, -0.2) is 33.9 Å². The Morgan fingerprint density at radius 3 is 2.70 bits per heavy atom. The molecule has 2 atom stereocenters. The molecule has 0 saturated heterocycles. The fraction of sp³-hybridized carbons (Fsp3) is 0.647. The molecule has 0 aromatic heterocycles. The maximum absolute atomic E-state index is 5.31. The van der Waals surface area contributed by atoms with Gasteiger partial charge in [-0.3, -0.25) is 0 Å². The van der Waals surface area contributed by atoms with E-state index in [2.05, 4.69) is 37.4 Å². The summed E-state index contributed by atoms with van der Waals surface area (Å²) in [4.78, 5) is 0. The van der Waals surface area contributed by atoms with Gasteiger partial charge in [-0.05, 0) is 55.5 Å². The van der Waals surface area contributed by atoms with Gasteiger partial charge in [0.05, 0.1) is 7.11 Å². The van der Waals surface area contributed by atoms with Crippen molar-refractivity contribution in [2.45, 2.75) is 26.7 Å². The van der Waals surface area contributed by atoms with Crippen LogP contribution in [0.3, 0.4) is 0 Å². The maximum atomic E-state index is 5.31. The lowest BCUT2D eigenvalue weighted by Gasteiger charge is -2.24. The number of hydrogen-bond acceptors (Lipinski definition) is 3. The van der Waals surface area contributed by atoms with Gasteiger partial charge in [-0.1, -0.05) is 26.0 Å². The van der Waals surface area contributed by atoms with Crippen molar-refractivity contribution in [1.82, 2.24) is 5.32 Å². The molecule has 3 nitrogen and oxygen atoms in total. The number of rotatable bonds is 10. The molecule has 0 aliphatic heterocycles. The van der Waals surface area contributed by atoms with Crippen LogP contribution in [0, 0.1) is 11.8 Å². The van der Waals surface area contributed by atoms with Crippen molar-refractivity contribution in [3.05, 3.63) is 29.8 Å². The molecule has 0 fully saturated rings. The number of methoxy groups -OCH3 is 2. The third-order valence-electron chi connectivity index (χ3n) is 3.87. The summed E-state index contributed by atoms with van der Waals surface area (Å²) >= 11 is 0. The molecule has 114 valence electrons. The molecule has 0 aliphatic rings. The Morgan fingerprint density at radius 2 is 2.05 bits per heavy atom. The van der Waals surface area contributed by atoms with Crippen molar-refractivity contribution in [1.29, 1.82) is 0 Å². The third-order valence-corrected chi connectivity index (χ3v) is 3.87. The predicted octanol–water partition coefficient (Wildman–Crippen LogP) is 3.14. The molecule has 20 heavy (non-hydrogen) atoms. The van der Waals surface area contributed by atoms with E-state index in [0.717, 1.165) is 38.3 Å². The first-order valence-corrected chi connectivity index (χ1v) is 7.53. The first kappa shape index (κ1) is 17.0. The Hall–Kier alpha value is -1.06. The molecule has 2 unspecified atom stereocenters. The predicted molar refractivity (Wildman–Crippen MR) is 84.4 cm³/mol. The largest absolute Gasteiger partial charge is 0.497 e. The topological polar surface area (TPSA) is 30.5 Å². The average Bonchev–Trinajstić information content (AvgIpc) is 2.49. The van der Waals surface area contributed by atoms with E-state index in [4.69, 9.17) is 9.47 Å². The molecular formula is C17H29NO2. The van der Waals surface area contributed by atoms with Crippen molar-refractivity contribution in [2.24, 2.45) is 11.8 Å². The van der Waals surface area contributed by atoms with Crippen molar-refractivity contribution in [3.8, 4) is 5.75 Å². The van der Waals surface area contributed by atoms with Gasteiger partial charge in [0.2, 0.25) is 0 Å². The highest BCUT2D eigenvalue weighted by Crippen LogP contribution is 2.22. The van der Waals surface area contributed by atoms with Gasteiger partial charge in [0.1, 0.15) is 5.75 Å². The van der Waals surface area contributed by atoms with E-state index in [-0.39, 0.29) is 0 Å². The van der Waals surface area contributed by atoms with E-state index in [9.17, 15) is 0 Å². The molecule has 3 heteroatoms. The van der Waals surface area contributed by atoms with Crippen LogP contribution in [0.15, 0.2) is 24.3 Å². The van der Waals surface area contributed by atoms with Gasteiger partial charge in [-0.2, -0.15) is 0 Å². The second kappa shape index (κ2) is 9.78. The third kappa shape index (κ3) is 5.93.